The smallest absolute Gasteiger partial charge is 0.160 e. The van der Waals surface area contributed by atoms with E-state index in [9.17, 15) is 8.42 Å². The largest absolute Gasteiger partial charge is 0.384 e. The molecule has 1 aromatic heterocycles. The molecule has 16 heavy (non-hydrogen) atoms. The Balaban J connectivity index is 2.00. The Kier molecular flexibility index (Phi) is 2.04. The van der Waals surface area contributed by atoms with E-state index < -0.39 is 9.84 Å². The molecule has 0 atom stereocenters. The van der Waals surface area contributed by atoms with Crippen molar-refractivity contribution in [2.75, 3.05) is 5.73 Å². The Labute approximate surface area is 94.5 Å². The van der Waals surface area contributed by atoms with Crippen LogP contribution in [0.3, 0.4) is 0 Å². The fraction of sp³-hybridized carbons (Fsp3) is 0.700. The second-order valence-corrected chi connectivity index (χ2v) is 6.79. The van der Waals surface area contributed by atoms with Crippen molar-refractivity contribution in [3.63, 3.8) is 0 Å². The van der Waals surface area contributed by atoms with Gasteiger partial charge in [-0.2, -0.15) is 5.10 Å². The van der Waals surface area contributed by atoms with Gasteiger partial charge in [0.1, 0.15) is 5.82 Å². The molecule has 1 aliphatic heterocycles. The predicted octanol–water partition coefficient (Wildman–Crippen LogP) is 1.01. The second kappa shape index (κ2) is 3.23. The topological polar surface area (TPSA) is 78.0 Å². The van der Waals surface area contributed by atoms with Crippen LogP contribution < -0.4 is 5.73 Å². The van der Waals surface area contributed by atoms with Gasteiger partial charge < -0.3 is 5.73 Å². The van der Waals surface area contributed by atoms with Crippen molar-refractivity contribution in [3.8, 4) is 0 Å². The SMILES string of the molecule is Nc1c2c(nn1C1CCCC1)CS(=O)(=O)C2. The summed E-state index contributed by atoms with van der Waals surface area (Å²) in [5, 5.41) is 4.38. The van der Waals surface area contributed by atoms with E-state index in [4.69, 9.17) is 5.73 Å². The van der Waals surface area contributed by atoms with Gasteiger partial charge in [-0.1, -0.05) is 12.8 Å². The number of hydrogen-bond acceptors (Lipinski definition) is 4. The maximum Gasteiger partial charge on any atom is 0.160 e. The van der Waals surface area contributed by atoms with Gasteiger partial charge in [0.05, 0.1) is 23.2 Å². The number of nitrogen functional groups attached to an aromatic ring is 1. The molecule has 0 aromatic carbocycles. The first-order chi connectivity index (χ1) is 7.57. The highest BCUT2D eigenvalue weighted by Gasteiger charge is 2.33. The fourth-order valence-electron chi connectivity index (χ4n) is 2.71. The zero-order valence-corrected chi connectivity index (χ0v) is 9.83. The van der Waals surface area contributed by atoms with E-state index in [-0.39, 0.29) is 11.5 Å². The lowest BCUT2D eigenvalue weighted by atomic mass is 10.2. The maximum absolute atomic E-state index is 11.4. The van der Waals surface area contributed by atoms with Crippen LogP contribution in [0.1, 0.15) is 43.0 Å². The van der Waals surface area contributed by atoms with Crippen LogP contribution in [-0.2, 0) is 21.3 Å². The normalized spacial score (nSPS) is 23.8. The summed E-state index contributed by atoms with van der Waals surface area (Å²) < 4.78 is 24.7. The van der Waals surface area contributed by atoms with Gasteiger partial charge in [0.25, 0.3) is 0 Å². The molecule has 0 amide bonds. The average Bonchev–Trinajstić information content (AvgIpc) is 2.84. The number of nitrogens with two attached hydrogens (primary N) is 1. The summed E-state index contributed by atoms with van der Waals surface area (Å²) >= 11 is 0. The van der Waals surface area contributed by atoms with Crippen molar-refractivity contribution < 1.29 is 8.42 Å². The number of sulfone groups is 1. The van der Waals surface area contributed by atoms with E-state index in [1.165, 1.54) is 12.8 Å². The number of rotatable bonds is 1. The molecular formula is C10H15N3O2S. The summed E-state index contributed by atoms with van der Waals surface area (Å²) in [5.41, 5.74) is 7.40. The molecule has 6 heteroatoms. The van der Waals surface area contributed by atoms with Gasteiger partial charge in [-0.25, -0.2) is 13.1 Å². The number of nitrogens with zero attached hydrogens (tertiary/aromatic N) is 2. The third-order valence-electron chi connectivity index (χ3n) is 3.52. The molecule has 0 spiro atoms. The summed E-state index contributed by atoms with van der Waals surface area (Å²) in [7, 11) is -2.98. The molecule has 1 aromatic rings. The summed E-state index contributed by atoms with van der Waals surface area (Å²) in [5.74, 6) is 0.704. The molecule has 0 bridgehead atoms. The Morgan fingerprint density at radius 1 is 1.25 bits per heavy atom. The number of fused-ring (bicyclic) bond motifs is 1. The van der Waals surface area contributed by atoms with Crippen LogP contribution >= 0.6 is 0 Å². The molecule has 88 valence electrons. The fourth-order valence-corrected chi connectivity index (χ4v) is 4.21. The minimum atomic E-state index is -2.98. The minimum Gasteiger partial charge on any atom is -0.384 e. The lowest BCUT2D eigenvalue weighted by molar-refractivity contribution is 0.470. The lowest BCUT2D eigenvalue weighted by Gasteiger charge is -2.12. The molecule has 3 rings (SSSR count). The monoisotopic (exact) mass is 241 g/mol. The first kappa shape index (κ1) is 10.1. The lowest BCUT2D eigenvalue weighted by Crippen LogP contribution is -2.12. The summed E-state index contributed by atoms with van der Waals surface area (Å²) in [6.45, 7) is 0. The van der Waals surface area contributed by atoms with Crippen molar-refractivity contribution in [1.82, 2.24) is 9.78 Å². The zero-order chi connectivity index (χ0) is 11.3. The second-order valence-electron chi connectivity index (χ2n) is 4.73. The quantitative estimate of drug-likeness (QED) is 0.796. The Morgan fingerprint density at radius 3 is 2.56 bits per heavy atom. The number of aromatic nitrogens is 2. The molecule has 2 aliphatic rings. The zero-order valence-electron chi connectivity index (χ0n) is 9.02. The minimum absolute atomic E-state index is 0.0618. The number of anilines is 1. The first-order valence-electron chi connectivity index (χ1n) is 5.63. The van der Waals surface area contributed by atoms with Gasteiger partial charge >= 0.3 is 0 Å². The number of hydrogen-bond donors (Lipinski definition) is 1. The highest BCUT2D eigenvalue weighted by molar-refractivity contribution is 7.90. The van der Waals surface area contributed by atoms with E-state index >= 15 is 0 Å². The Bertz CT molecular complexity index is 527. The highest BCUT2D eigenvalue weighted by atomic mass is 32.2. The van der Waals surface area contributed by atoms with E-state index in [1.807, 2.05) is 4.68 Å². The predicted molar refractivity (Wildman–Crippen MR) is 60.5 cm³/mol. The van der Waals surface area contributed by atoms with Gasteiger partial charge in [-0.3, -0.25) is 0 Å². The van der Waals surface area contributed by atoms with Crippen molar-refractivity contribution in [1.29, 1.82) is 0 Å². The van der Waals surface area contributed by atoms with E-state index in [1.54, 1.807) is 0 Å². The molecule has 0 radical (unpaired) electrons. The molecule has 2 N–H and O–H groups in total. The van der Waals surface area contributed by atoms with Gasteiger partial charge in [0, 0.05) is 5.56 Å². The summed E-state index contributed by atoms with van der Waals surface area (Å²) in [6.07, 6.45) is 4.65. The van der Waals surface area contributed by atoms with Gasteiger partial charge in [-0.15, -0.1) is 0 Å². The van der Waals surface area contributed by atoms with Gasteiger partial charge in [0.15, 0.2) is 9.84 Å². The van der Waals surface area contributed by atoms with Crippen LogP contribution in [0.4, 0.5) is 5.82 Å². The van der Waals surface area contributed by atoms with Crippen molar-refractivity contribution >= 4 is 15.7 Å². The van der Waals surface area contributed by atoms with Crippen molar-refractivity contribution in [3.05, 3.63) is 11.3 Å². The van der Waals surface area contributed by atoms with Crippen molar-refractivity contribution in [2.45, 2.75) is 43.2 Å². The van der Waals surface area contributed by atoms with E-state index in [0.717, 1.165) is 18.4 Å². The van der Waals surface area contributed by atoms with Crippen LogP contribution in [0.25, 0.3) is 0 Å². The third-order valence-corrected chi connectivity index (χ3v) is 4.97. The van der Waals surface area contributed by atoms with Crippen LogP contribution in [-0.4, -0.2) is 18.2 Å². The molecule has 1 fully saturated rings. The average molecular weight is 241 g/mol. The maximum atomic E-state index is 11.4. The van der Waals surface area contributed by atoms with E-state index in [0.29, 0.717) is 17.6 Å². The molecule has 0 saturated heterocycles. The molecule has 2 heterocycles. The van der Waals surface area contributed by atoms with Gasteiger partial charge in [-0.05, 0) is 12.8 Å². The van der Waals surface area contributed by atoms with Crippen LogP contribution in [0.15, 0.2) is 0 Å². The molecule has 5 nitrogen and oxygen atoms in total. The first-order valence-corrected chi connectivity index (χ1v) is 7.45. The Hall–Kier alpha value is -1.04. The van der Waals surface area contributed by atoms with Crippen LogP contribution in [0, 0.1) is 0 Å². The van der Waals surface area contributed by atoms with Crippen molar-refractivity contribution in [2.24, 2.45) is 0 Å². The highest BCUT2D eigenvalue weighted by Crippen LogP contribution is 2.36. The molecular weight excluding hydrogens is 226 g/mol. The molecule has 1 aliphatic carbocycles. The summed E-state index contributed by atoms with van der Waals surface area (Å²) in [6, 6.07) is 0.383. The molecule has 1 saturated carbocycles. The van der Waals surface area contributed by atoms with E-state index in [2.05, 4.69) is 5.10 Å². The van der Waals surface area contributed by atoms with Gasteiger partial charge in [0.2, 0.25) is 0 Å². The van der Waals surface area contributed by atoms with Crippen LogP contribution in [0.2, 0.25) is 0 Å². The summed E-state index contributed by atoms with van der Waals surface area (Å²) in [4.78, 5) is 0. The van der Waals surface area contributed by atoms with Crippen LogP contribution in [0.5, 0.6) is 0 Å². The Morgan fingerprint density at radius 2 is 1.94 bits per heavy atom. The standard InChI is InChI=1S/C10H15N3O2S/c11-10-8-5-16(14,15)6-9(8)12-13(10)7-3-1-2-4-7/h7H,1-6,11H2. The molecule has 0 unspecified atom stereocenters. The third kappa shape index (κ3) is 1.43.